The van der Waals surface area contributed by atoms with E-state index < -0.39 is 0 Å². The highest BCUT2D eigenvalue weighted by molar-refractivity contribution is 8.00. The summed E-state index contributed by atoms with van der Waals surface area (Å²) in [7, 11) is 0. The van der Waals surface area contributed by atoms with Crippen LogP contribution in [0.3, 0.4) is 0 Å². The molecule has 1 aromatic rings. The molecule has 0 saturated carbocycles. The molecule has 2 atom stereocenters. The average Bonchev–Trinajstić information content (AvgIpc) is 2.68. The van der Waals surface area contributed by atoms with Crippen molar-refractivity contribution in [3.63, 3.8) is 0 Å². The first-order valence-electron chi connectivity index (χ1n) is 6.47. The van der Waals surface area contributed by atoms with Gasteiger partial charge in [-0.2, -0.15) is 11.8 Å². The molecule has 1 amide bonds. The van der Waals surface area contributed by atoms with E-state index in [-0.39, 0.29) is 5.91 Å². The number of hydrazine groups is 1. The summed E-state index contributed by atoms with van der Waals surface area (Å²) in [6.45, 7) is 9.78. The number of hydrogen-bond donors (Lipinski definition) is 2. The number of nitrogens with one attached hydrogen (secondary N) is 1. The summed E-state index contributed by atoms with van der Waals surface area (Å²) in [6.07, 6.45) is 0. The maximum Gasteiger partial charge on any atom is 0.275 e. The number of carbonyl (C=O) groups is 1. The maximum absolute atomic E-state index is 11.5. The molecule has 106 valence electrons. The van der Waals surface area contributed by atoms with Gasteiger partial charge in [-0.25, -0.2) is 5.84 Å². The molecular weight excluding hydrogens is 278 g/mol. The summed E-state index contributed by atoms with van der Waals surface area (Å²) in [6, 6.07) is 1.97. The van der Waals surface area contributed by atoms with Gasteiger partial charge in [-0.1, -0.05) is 13.8 Å². The van der Waals surface area contributed by atoms with Crippen molar-refractivity contribution in [2.24, 2.45) is 5.84 Å². The number of nitrogen functional groups attached to an aromatic ring is 1. The first kappa shape index (κ1) is 14.8. The van der Waals surface area contributed by atoms with Crippen LogP contribution in [0.1, 0.15) is 34.0 Å². The summed E-state index contributed by atoms with van der Waals surface area (Å²) in [5.74, 6) is 4.98. The number of rotatable bonds is 3. The zero-order valence-corrected chi connectivity index (χ0v) is 13.2. The van der Waals surface area contributed by atoms with Gasteiger partial charge in [0.1, 0.15) is 0 Å². The molecule has 1 aromatic heterocycles. The Morgan fingerprint density at radius 2 is 2.11 bits per heavy atom. The topological polar surface area (TPSA) is 58.4 Å². The molecule has 1 saturated heterocycles. The molecule has 2 rings (SSSR count). The molecule has 19 heavy (non-hydrogen) atoms. The Morgan fingerprint density at radius 1 is 1.47 bits per heavy atom. The SMILES string of the molecule is Cc1sc(C(=O)NN)cc1CN1CC(C)SC(C)C1. The number of thioether (sulfide) groups is 1. The average molecular weight is 299 g/mol. The molecule has 0 radical (unpaired) electrons. The van der Waals surface area contributed by atoms with Gasteiger partial charge in [-0.05, 0) is 18.6 Å². The summed E-state index contributed by atoms with van der Waals surface area (Å²) >= 11 is 3.57. The van der Waals surface area contributed by atoms with Gasteiger partial charge in [0.15, 0.2) is 0 Å². The highest BCUT2D eigenvalue weighted by Crippen LogP contribution is 2.28. The van der Waals surface area contributed by atoms with Crippen molar-refractivity contribution >= 4 is 29.0 Å². The van der Waals surface area contributed by atoms with Crippen LogP contribution in [-0.4, -0.2) is 34.4 Å². The predicted molar refractivity (Wildman–Crippen MR) is 82.5 cm³/mol. The molecule has 0 bridgehead atoms. The second kappa shape index (κ2) is 6.26. The smallest absolute Gasteiger partial charge is 0.275 e. The van der Waals surface area contributed by atoms with Gasteiger partial charge in [0.2, 0.25) is 0 Å². The van der Waals surface area contributed by atoms with E-state index in [0.717, 1.165) is 19.6 Å². The van der Waals surface area contributed by atoms with Crippen LogP contribution >= 0.6 is 23.1 Å². The van der Waals surface area contributed by atoms with Crippen LogP contribution in [-0.2, 0) is 6.54 Å². The number of carbonyl (C=O) groups excluding carboxylic acids is 1. The Balaban J connectivity index is 2.06. The lowest BCUT2D eigenvalue weighted by molar-refractivity contribution is 0.0957. The minimum absolute atomic E-state index is 0.199. The standard InChI is InChI=1S/C13H21N3OS2/c1-8-5-16(6-9(2)18-8)7-11-4-12(13(17)15-14)19-10(11)3/h4,8-9H,5-7,14H2,1-3H3,(H,15,17). The van der Waals surface area contributed by atoms with E-state index >= 15 is 0 Å². The lowest BCUT2D eigenvalue weighted by atomic mass is 10.2. The first-order chi connectivity index (χ1) is 8.99. The number of thiophene rings is 1. The molecule has 0 aliphatic carbocycles. The minimum atomic E-state index is -0.199. The van der Waals surface area contributed by atoms with Crippen LogP contribution in [0, 0.1) is 6.92 Å². The fourth-order valence-electron chi connectivity index (χ4n) is 2.51. The van der Waals surface area contributed by atoms with Crippen LogP contribution in [0.2, 0.25) is 0 Å². The fourth-order valence-corrected chi connectivity index (χ4v) is 4.84. The molecule has 4 nitrogen and oxygen atoms in total. The molecule has 1 fully saturated rings. The molecule has 0 spiro atoms. The van der Waals surface area contributed by atoms with Crippen LogP contribution in [0.5, 0.6) is 0 Å². The van der Waals surface area contributed by atoms with E-state index in [0.29, 0.717) is 15.4 Å². The Hall–Kier alpha value is -0.560. The van der Waals surface area contributed by atoms with E-state index in [1.807, 2.05) is 6.07 Å². The summed E-state index contributed by atoms with van der Waals surface area (Å²) < 4.78 is 0. The quantitative estimate of drug-likeness (QED) is 0.509. The van der Waals surface area contributed by atoms with Crippen molar-refractivity contribution in [2.75, 3.05) is 13.1 Å². The molecular formula is C13H21N3OS2. The monoisotopic (exact) mass is 299 g/mol. The predicted octanol–water partition coefficient (Wildman–Crippen LogP) is 1.99. The van der Waals surface area contributed by atoms with Gasteiger partial charge in [0.05, 0.1) is 4.88 Å². The highest BCUT2D eigenvalue weighted by Gasteiger charge is 2.23. The van der Waals surface area contributed by atoms with Gasteiger partial charge in [0.25, 0.3) is 5.91 Å². The van der Waals surface area contributed by atoms with E-state index in [4.69, 9.17) is 5.84 Å². The normalized spacial score (nSPS) is 24.4. The Bertz CT molecular complexity index is 451. The number of hydrogen-bond acceptors (Lipinski definition) is 5. The zero-order chi connectivity index (χ0) is 14.0. The van der Waals surface area contributed by atoms with Gasteiger partial charge in [-0.15, -0.1) is 11.3 Å². The zero-order valence-electron chi connectivity index (χ0n) is 11.6. The molecule has 2 heterocycles. The van der Waals surface area contributed by atoms with Crippen LogP contribution in [0.4, 0.5) is 0 Å². The molecule has 0 aromatic carbocycles. The third-order valence-corrected chi connectivity index (χ3v) is 5.58. The van der Waals surface area contributed by atoms with Crippen molar-refractivity contribution in [1.82, 2.24) is 10.3 Å². The summed E-state index contributed by atoms with van der Waals surface area (Å²) in [4.78, 5) is 15.9. The van der Waals surface area contributed by atoms with Gasteiger partial charge < -0.3 is 0 Å². The second-order valence-corrected chi connectivity index (χ2v) is 8.25. The summed E-state index contributed by atoms with van der Waals surface area (Å²) in [5, 5.41) is 1.35. The third kappa shape index (κ3) is 3.72. The van der Waals surface area contributed by atoms with E-state index in [2.05, 4.69) is 42.9 Å². The molecule has 1 aliphatic heterocycles. The number of nitrogens with zero attached hydrogens (tertiary/aromatic N) is 1. The van der Waals surface area contributed by atoms with Crippen molar-refractivity contribution in [2.45, 2.75) is 37.8 Å². The van der Waals surface area contributed by atoms with Crippen molar-refractivity contribution in [3.8, 4) is 0 Å². The minimum Gasteiger partial charge on any atom is -0.297 e. The fraction of sp³-hybridized carbons (Fsp3) is 0.615. The number of nitrogens with two attached hydrogens (primary N) is 1. The Kier molecular flexibility index (Phi) is 4.89. The Morgan fingerprint density at radius 3 is 2.68 bits per heavy atom. The Labute approximate surface area is 122 Å². The van der Waals surface area contributed by atoms with Gasteiger partial charge >= 0.3 is 0 Å². The molecule has 6 heteroatoms. The van der Waals surface area contributed by atoms with Gasteiger partial charge in [-0.3, -0.25) is 15.1 Å². The van der Waals surface area contributed by atoms with Gasteiger partial charge in [0, 0.05) is 35.0 Å². The van der Waals surface area contributed by atoms with E-state index in [9.17, 15) is 4.79 Å². The maximum atomic E-state index is 11.5. The van der Waals surface area contributed by atoms with E-state index in [1.165, 1.54) is 21.8 Å². The van der Waals surface area contributed by atoms with Crippen molar-refractivity contribution < 1.29 is 4.79 Å². The van der Waals surface area contributed by atoms with Crippen LogP contribution in [0.25, 0.3) is 0 Å². The lowest BCUT2D eigenvalue weighted by Crippen LogP contribution is -2.39. The second-order valence-electron chi connectivity index (χ2n) is 5.12. The summed E-state index contributed by atoms with van der Waals surface area (Å²) in [5.41, 5.74) is 3.44. The van der Waals surface area contributed by atoms with Crippen molar-refractivity contribution in [3.05, 3.63) is 21.4 Å². The largest absolute Gasteiger partial charge is 0.297 e. The lowest BCUT2D eigenvalue weighted by Gasteiger charge is -2.34. The first-order valence-corrected chi connectivity index (χ1v) is 8.23. The van der Waals surface area contributed by atoms with E-state index in [1.54, 1.807) is 0 Å². The molecule has 2 unspecified atom stereocenters. The third-order valence-electron chi connectivity index (χ3n) is 3.26. The van der Waals surface area contributed by atoms with Crippen LogP contribution in [0.15, 0.2) is 6.07 Å². The van der Waals surface area contributed by atoms with Crippen LogP contribution < -0.4 is 11.3 Å². The molecule has 3 N–H and O–H groups in total. The number of amides is 1. The number of aryl methyl sites for hydroxylation is 1. The highest BCUT2D eigenvalue weighted by atomic mass is 32.2. The van der Waals surface area contributed by atoms with Crippen molar-refractivity contribution in [1.29, 1.82) is 0 Å². The molecule has 1 aliphatic rings.